The van der Waals surface area contributed by atoms with Gasteiger partial charge in [-0.05, 0) is 31.0 Å². The van der Waals surface area contributed by atoms with E-state index in [1.807, 2.05) is 30.3 Å². The van der Waals surface area contributed by atoms with Crippen LogP contribution in [0.3, 0.4) is 0 Å². The number of carbonyl (C=O) groups excluding carboxylic acids is 1. The lowest BCUT2D eigenvalue weighted by Gasteiger charge is -2.16. The molecule has 1 amide bonds. The predicted molar refractivity (Wildman–Crippen MR) is 82.5 cm³/mol. The Kier molecular flexibility index (Phi) is 5.31. The van der Waals surface area contributed by atoms with Crippen molar-refractivity contribution in [1.82, 2.24) is 10.3 Å². The van der Waals surface area contributed by atoms with Gasteiger partial charge in [0, 0.05) is 11.3 Å². The van der Waals surface area contributed by atoms with E-state index in [-0.39, 0.29) is 23.7 Å². The fourth-order valence-electron chi connectivity index (χ4n) is 2.09. The predicted octanol–water partition coefficient (Wildman–Crippen LogP) is 2.38. The number of hydrogen-bond acceptors (Lipinski definition) is 3. The Bertz CT molecular complexity index is 597. The minimum Gasteiger partial charge on any atom is -0.394 e. The van der Waals surface area contributed by atoms with Crippen LogP contribution in [0.5, 0.6) is 0 Å². The highest BCUT2D eigenvalue weighted by Gasteiger charge is 2.14. The Labute approximate surface area is 128 Å². The van der Waals surface area contributed by atoms with E-state index in [1.54, 1.807) is 13.0 Å². The van der Waals surface area contributed by atoms with Gasteiger partial charge in [-0.3, -0.25) is 4.79 Å². The number of aliphatic hydroxyl groups is 1. The van der Waals surface area contributed by atoms with Crippen LogP contribution in [-0.2, 0) is 6.42 Å². The second-order valence-corrected chi connectivity index (χ2v) is 5.25. The van der Waals surface area contributed by atoms with Gasteiger partial charge < -0.3 is 10.4 Å². The number of aromatic nitrogens is 1. The van der Waals surface area contributed by atoms with Gasteiger partial charge in [-0.25, -0.2) is 4.98 Å². The summed E-state index contributed by atoms with van der Waals surface area (Å²) in [5, 5.41) is 12.5. The number of benzene rings is 1. The van der Waals surface area contributed by atoms with Gasteiger partial charge in [-0.2, -0.15) is 0 Å². The highest BCUT2D eigenvalue weighted by Crippen LogP contribution is 2.11. The Morgan fingerprint density at radius 1 is 1.33 bits per heavy atom. The highest BCUT2D eigenvalue weighted by atomic mass is 35.5. The number of aryl methyl sites for hydroxylation is 1. The van der Waals surface area contributed by atoms with Crippen LogP contribution in [-0.4, -0.2) is 28.6 Å². The summed E-state index contributed by atoms with van der Waals surface area (Å²) in [6.07, 6.45) is 0.570. The number of rotatable bonds is 5. The summed E-state index contributed by atoms with van der Waals surface area (Å²) in [7, 11) is 0. The molecule has 0 radical (unpaired) electrons. The smallest absolute Gasteiger partial charge is 0.251 e. The Morgan fingerprint density at radius 2 is 2.05 bits per heavy atom. The summed E-state index contributed by atoms with van der Waals surface area (Å²) in [5.41, 5.74) is 2.18. The molecular weight excluding hydrogens is 288 g/mol. The van der Waals surface area contributed by atoms with E-state index in [0.717, 1.165) is 5.56 Å². The van der Waals surface area contributed by atoms with E-state index < -0.39 is 0 Å². The minimum absolute atomic E-state index is 0.127. The molecule has 21 heavy (non-hydrogen) atoms. The number of aliphatic hydroxyl groups excluding tert-OH is 1. The molecule has 2 N–H and O–H groups in total. The lowest BCUT2D eigenvalue weighted by Crippen LogP contribution is -2.39. The van der Waals surface area contributed by atoms with Crippen molar-refractivity contribution < 1.29 is 9.90 Å². The molecule has 2 rings (SSSR count). The number of pyridine rings is 1. The van der Waals surface area contributed by atoms with Gasteiger partial charge >= 0.3 is 0 Å². The normalized spacial score (nSPS) is 12.0. The van der Waals surface area contributed by atoms with Gasteiger partial charge in [0.05, 0.1) is 12.6 Å². The zero-order valence-corrected chi connectivity index (χ0v) is 12.5. The quantitative estimate of drug-likeness (QED) is 0.834. The van der Waals surface area contributed by atoms with Crippen molar-refractivity contribution in [1.29, 1.82) is 0 Å². The average molecular weight is 305 g/mol. The van der Waals surface area contributed by atoms with Gasteiger partial charge in [-0.15, -0.1) is 0 Å². The number of carbonyl (C=O) groups is 1. The fraction of sp³-hybridized carbons (Fsp3) is 0.250. The molecular formula is C16H17ClN2O2. The summed E-state index contributed by atoms with van der Waals surface area (Å²) in [4.78, 5) is 16.2. The zero-order valence-electron chi connectivity index (χ0n) is 11.7. The Morgan fingerprint density at radius 3 is 2.67 bits per heavy atom. The lowest BCUT2D eigenvalue weighted by atomic mass is 10.1. The van der Waals surface area contributed by atoms with Gasteiger partial charge in [0.2, 0.25) is 0 Å². The molecule has 2 aromatic rings. The molecule has 1 atom stereocenters. The van der Waals surface area contributed by atoms with Crippen LogP contribution in [0, 0.1) is 6.92 Å². The van der Waals surface area contributed by atoms with Gasteiger partial charge in [0.25, 0.3) is 5.91 Å². The van der Waals surface area contributed by atoms with Crippen LogP contribution in [0.4, 0.5) is 0 Å². The van der Waals surface area contributed by atoms with Crippen molar-refractivity contribution in [2.45, 2.75) is 19.4 Å². The van der Waals surface area contributed by atoms with Gasteiger partial charge in [0.15, 0.2) is 0 Å². The van der Waals surface area contributed by atoms with E-state index in [2.05, 4.69) is 10.3 Å². The first kappa shape index (κ1) is 15.5. The zero-order chi connectivity index (χ0) is 15.2. The maximum Gasteiger partial charge on any atom is 0.251 e. The van der Waals surface area contributed by atoms with Crippen molar-refractivity contribution in [3.05, 3.63) is 64.4 Å². The fourth-order valence-corrected chi connectivity index (χ4v) is 2.34. The molecule has 0 saturated carbocycles. The van der Waals surface area contributed by atoms with Gasteiger partial charge in [-0.1, -0.05) is 41.9 Å². The second-order valence-electron chi connectivity index (χ2n) is 4.86. The molecule has 1 aromatic carbocycles. The molecule has 0 fully saturated rings. The SMILES string of the molecule is Cc1cc(C(=O)N[C@H](CO)Cc2ccccc2)cc(Cl)n1. The third-order valence-corrected chi connectivity index (χ3v) is 3.26. The molecule has 4 nitrogen and oxygen atoms in total. The summed E-state index contributed by atoms with van der Waals surface area (Å²) >= 11 is 5.85. The molecule has 1 aromatic heterocycles. The van der Waals surface area contributed by atoms with Crippen molar-refractivity contribution in [3.63, 3.8) is 0 Å². The van der Waals surface area contributed by atoms with Crippen LogP contribution in [0.1, 0.15) is 21.6 Å². The molecule has 0 aliphatic carbocycles. The van der Waals surface area contributed by atoms with E-state index >= 15 is 0 Å². The molecule has 0 saturated heterocycles. The number of halogens is 1. The number of hydrogen-bond donors (Lipinski definition) is 2. The molecule has 0 aliphatic heterocycles. The summed E-state index contributed by atoms with van der Waals surface area (Å²) in [5.74, 6) is -0.266. The molecule has 1 heterocycles. The first-order valence-corrected chi connectivity index (χ1v) is 7.06. The van der Waals surface area contributed by atoms with Crippen molar-refractivity contribution in [2.75, 3.05) is 6.61 Å². The van der Waals surface area contributed by atoms with Crippen molar-refractivity contribution >= 4 is 17.5 Å². The second kappa shape index (κ2) is 7.20. The molecule has 0 bridgehead atoms. The van der Waals surface area contributed by atoms with Crippen molar-refractivity contribution in [2.24, 2.45) is 0 Å². The number of nitrogens with one attached hydrogen (secondary N) is 1. The monoisotopic (exact) mass is 304 g/mol. The van der Waals surface area contributed by atoms with Crippen molar-refractivity contribution in [3.8, 4) is 0 Å². The van der Waals surface area contributed by atoms with Crippen LogP contribution in [0.2, 0.25) is 5.15 Å². The maximum atomic E-state index is 12.2. The van der Waals surface area contributed by atoms with Gasteiger partial charge in [0.1, 0.15) is 5.15 Å². The van der Waals surface area contributed by atoms with E-state index in [1.165, 1.54) is 6.07 Å². The summed E-state index contributed by atoms with van der Waals surface area (Å²) < 4.78 is 0. The molecule has 0 unspecified atom stereocenters. The maximum absolute atomic E-state index is 12.2. The Hall–Kier alpha value is -1.91. The molecule has 0 aliphatic rings. The van der Waals surface area contributed by atoms with Crippen LogP contribution >= 0.6 is 11.6 Å². The highest BCUT2D eigenvalue weighted by molar-refractivity contribution is 6.29. The van der Waals surface area contributed by atoms with Crippen LogP contribution in [0.15, 0.2) is 42.5 Å². The first-order valence-electron chi connectivity index (χ1n) is 6.68. The molecule has 0 spiro atoms. The topological polar surface area (TPSA) is 62.2 Å². The summed E-state index contributed by atoms with van der Waals surface area (Å²) in [6.45, 7) is 1.65. The summed E-state index contributed by atoms with van der Waals surface area (Å²) in [6, 6.07) is 12.5. The first-order chi connectivity index (χ1) is 10.1. The largest absolute Gasteiger partial charge is 0.394 e. The third-order valence-electron chi connectivity index (χ3n) is 3.06. The molecule has 110 valence electrons. The van der Waals surface area contributed by atoms with E-state index in [4.69, 9.17) is 11.6 Å². The van der Waals surface area contributed by atoms with Crippen LogP contribution < -0.4 is 5.32 Å². The standard InChI is InChI=1S/C16H17ClN2O2/c1-11-7-13(9-15(17)18-11)16(21)19-14(10-20)8-12-5-3-2-4-6-12/h2-7,9,14,20H,8,10H2,1H3,(H,19,21)/t14-/m0/s1. The van der Waals surface area contributed by atoms with E-state index in [0.29, 0.717) is 17.7 Å². The minimum atomic E-state index is -0.341. The number of nitrogens with zero attached hydrogens (tertiary/aromatic N) is 1. The average Bonchev–Trinajstić information content (AvgIpc) is 2.46. The number of amides is 1. The van der Waals surface area contributed by atoms with Crippen LogP contribution in [0.25, 0.3) is 0 Å². The molecule has 5 heteroatoms. The van der Waals surface area contributed by atoms with E-state index in [9.17, 15) is 9.90 Å². The lowest BCUT2D eigenvalue weighted by molar-refractivity contribution is 0.0916. The Balaban J connectivity index is 2.05. The third kappa shape index (κ3) is 4.55.